The highest BCUT2D eigenvalue weighted by molar-refractivity contribution is 7.08. The van der Waals surface area contributed by atoms with Crippen molar-refractivity contribution in [1.29, 1.82) is 0 Å². The Morgan fingerprint density at radius 3 is 3.04 bits per heavy atom. The van der Waals surface area contributed by atoms with Gasteiger partial charge in [-0.25, -0.2) is 0 Å². The summed E-state index contributed by atoms with van der Waals surface area (Å²) in [7, 11) is 1.74. The number of carbonyl (C=O) groups excluding carboxylic acids is 1. The SMILES string of the molecule is Cn1nccc1C(=O)NC[C@@H]1Cc2cc(-c3ccsc3)cc(Cl)c2O1. The van der Waals surface area contributed by atoms with E-state index in [0.717, 1.165) is 28.9 Å². The van der Waals surface area contributed by atoms with Crippen LogP contribution in [0.2, 0.25) is 5.02 Å². The number of hydrogen-bond acceptors (Lipinski definition) is 4. The van der Waals surface area contributed by atoms with E-state index in [2.05, 4.69) is 27.9 Å². The van der Waals surface area contributed by atoms with Crippen LogP contribution in [-0.2, 0) is 13.5 Å². The molecule has 0 saturated carbocycles. The molecule has 7 heteroatoms. The molecule has 0 fully saturated rings. The number of thiophene rings is 1. The van der Waals surface area contributed by atoms with Gasteiger partial charge in [0.25, 0.3) is 5.91 Å². The molecule has 3 heterocycles. The van der Waals surface area contributed by atoms with E-state index in [1.54, 1.807) is 35.3 Å². The van der Waals surface area contributed by atoms with Crippen molar-refractivity contribution < 1.29 is 9.53 Å². The Labute approximate surface area is 154 Å². The maximum Gasteiger partial charge on any atom is 0.269 e. The third kappa shape index (κ3) is 3.15. The van der Waals surface area contributed by atoms with E-state index in [-0.39, 0.29) is 12.0 Å². The number of hydrogen-bond donors (Lipinski definition) is 1. The molecule has 1 aliphatic rings. The second-order valence-corrected chi connectivity index (χ2v) is 7.14. The van der Waals surface area contributed by atoms with Gasteiger partial charge in [-0.05, 0) is 46.2 Å². The van der Waals surface area contributed by atoms with E-state index >= 15 is 0 Å². The van der Waals surface area contributed by atoms with Crippen LogP contribution >= 0.6 is 22.9 Å². The summed E-state index contributed by atoms with van der Waals surface area (Å²) in [6.45, 7) is 0.419. The van der Waals surface area contributed by atoms with Crippen LogP contribution in [0.4, 0.5) is 0 Å². The molecule has 2 aromatic heterocycles. The van der Waals surface area contributed by atoms with Gasteiger partial charge >= 0.3 is 0 Å². The smallest absolute Gasteiger partial charge is 0.269 e. The predicted octanol–water partition coefficient (Wildman–Crippen LogP) is 3.54. The van der Waals surface area contributed by atoms with E-state index in [1.807, 2.05) is 11.4 Å². The van der Waals surface area contributed by atoms with Gasteiger partial charge in [-0.2, -0.15) is 16.4 Å². The Kier molecular flexibility index (Phi) is 4.23. The van der Waals surface area contributed by atoms with Gasteiger partial charge in [0.15, 0.2) is 0 Å². The number of halogens is 1. The van der Waals surface area contributed by atoms with Crippen LogP contribution < -0.4 is 10.1 Å². The number of carbonyl (C=O) groups is 1. The quantitative estimate of drug-likeness (QED) is 0.761. The molecule has 0 aliphatic carbocycles. The summed E-state index contributed by atoms with van der Waals surface area (Å²) in [5, 5.41) is 11.7. The van der Waals surface area contributed by atoms with Crippen LogP contribution in [0, 0.1) is 0 Å². The van der Waals surface area contributed by atoms with E-state index in [9.17, 15) is 4.79 Å². The first kappa shape index (κ1) is 16.2. The highest BCUT2D eigenvalue weighted by Crippen LogP contribution is 2.39. The van der Waals surface area contributed by atoms with Crippen molar-refractivity contribution in [3.8, 4) is 16.9 Å². The monoisotopic (exact) mass is 373 g/mol. The summed E-state index contributed by atoms with van der Waals surface area (Å²) < 4.78 is 7.49. The van der Waals surface area contributed by atoms with Crippen LogP contribution in [0.15, 0.2) is 41.2 Å². The molecule has 1 atom stereocenters. The minimum atomic E-state index is -0.162. The lowest BCUT2D eigenvalue weighted by molar-refractivity contribution is 0.0924. The molecule has 1 amide bonds. The molecule has 0 bridgehead atoms. The molecule has 0 saturated heterocycles. The first-order valence-electron chi connectivity index (χ1n) is 7.89. The highest BCUT2D eigenvalue weighted by Gasteiger charge is 2.26. The lowest BCUT2D eigenvalue weighted by Gasteiger charge is -2.12. The van der Waals surface area contributed by atoms with Crippen molar-refractivity contribution in [3.63, 3.8) is 0 Å². The van der Waals surface area contributed by atoms with Crippen molar-refractivity contribution in [2.45, 2.75) is 12.5 Å². The Hall–Kier alpha value is -2.31. The summed E-state index contributed by atoms with van der Waals surface area (Å²) in [5.41, 5.74) is 3.85. The number of ether oxygens (including phenoxy) is 1. The topological polar surface area (TPSA) is 56.2 Å². The fourth-order valence-corrected chi connectivity index (χ4v) is 3.94. The molecule has 1 aliphatic heterocycles. The number of aromatic nitrogens is 2. The van der Waals surface area contributed by atoms with Gasteiger partial charge in [0.05, 0.1) is 11.6 Å². The Balaban J connectivity index is 1.45. The summed E-state index contributed by atoms with van der Waals surface area (Å²) in [6, 6.07) is 7.80. The molecule has 3 aromatic rings. The second-order valence-electron chi connectivity index (χ2n) is 5.95. The van der Waals surface area contributed by atoms with E-state index in [1.165, 1.54) is 0 Å². The van der Waals surface area contributed by atoms with Gasteiger partial charge in [0.1, 0.15) is 17.5 Å². The standard InChI is InChI=1S/C18H16ClN3O2S/c1-22-16(2-4-21-22)18(23)20-9-14-7-13-6-12(11-3-5-25-10-11)8-15(19)17(13)24-14/h2-6,8,10,14H,7,9H2,1H3,(H,20,23)/t14-/m0/s1. The fraction of sp³-hybridized carbons (Fsp3) is 0.222. The molecule has 0 radical (unpaired) electrons. The summed E-state index contributed by atoms with van der Waals surface area (Å²) >= 11 is 8.06. The van der Waals surface area contributed by atoms with Crippen LogP contribution in [0.5, 0.6) is 5.75 Å². The van der Waals surface area contributed by atoms with Crippen LogP contribution in [0.1, 0.15) is 16.1 Å². The molecular formula is C18H16ClN3O2S. The van der Waals surface area contributed by atoms with Crippen LogP contribution in [-0.4, -0.2) is 28.3 Å². The molecule has 0 unspecified atom stereocenters. The van der Waals surface area contributed by atoms with Gasteiger partial charge in [-0.15, -0.1) is 0 Å². The number of benzene rings is 1. The summed E-state index contributed by atoms with van der Waals surface area (Å²) in [5.74, 6) is 0.560. The van der Waals surface area contributed by atoms with Crippen molar-refractivity contribution in [3.05, 3.63) is 57.5 Å². The van der Waals surface area contributed by atoms with Crippen molar-refractivity contribution in [2.24, 2.45) is 7.05 Å². The minimum Gasteiger partial charge on any atom is -0.486 e. The van der Waals surface area contributed by atoms with Gasteiger partial charge in [0.2, 0.25) is 0 Å². The number of nitrogens with one attached hydrogen (secondary N) is 1. The Morgan fingerprint density at radius 2 is 2.32 bits per heavy atom. The summed E-state index contributed by atoms with van der Waals surface area (Å²) in [6.07, 6.45) is 2.20. The largest absolute Gasteiger partial charge is 0.486 e. The van der Waals surface area contributed by atoms with E-state index in [0.29, 0.717) is 17.3 Å². The van der Waals surface area contributed by atoms with Crippen LogP contribution in [0.3, 0.4) is 0 Å². The normalized spacial score (nSPS) is 15.7. The third-order valence-electron chi connectivity index (χ3n) is 4.25. The average Bonchev–Trinajstić information content (AvgIpc) is 3.32. The van der Waals surface area contributed by atoms with Gasteiger partial charge in [-0.1, -0.05) is 11.6 Å². The van der Waals surface area contributed by atoms with Gasteiger partial charge in [0, 0.05) is 25.2 Å². The van der Waals surface area contributed by atoms with Crippen molar-refractivity contribution in [2.75, 3.05) is 6.54 Å². The Morgan fingerprint density at radius 1 is 1.44 bits per heavy atom. The molecular weight excluding hydrogens is 358 g/mol. The lowest BCUT2D eigenvalue weighted by Crippen LogP contribution is -2.35. The molecule has 1 N–H and O–H groups in total. The number of amides is 1. The first-order chi connectivity index (χ1) is 12.1. The first-order valence-corrected chi connectivity index (χ1v) is 9.22. The fourth-order valence-electron chi connectivity index (χ4n) is 2.99. The van der Waals surface area contributed by atoms with Crippen molar-refractivity contribution >= 4 is 28.8 Å². The predicted molar refractivity (Wildman–Crippen MR) is 98.4 cm³/mol. The number of fused-ring (bicyclic) bond motifs is 1. The molecule has 4 rings (SSSR count). The highest BCUT2D eigenvalue weighted by atomic mass is 35.5. The van der Waals surface area contributed by atoms with Crippen LogP contribution in [0.25, 0.3) is 11.1 Å². The number of aryl methyl sites for hydroxylation is 1. The maximum atomic E-state index is 12.2. The minimum absolute atomic E-state index is 0.123. The van der Waals surface area contributed by atoms with E-state index in [4.69, 9.17) is 16.3 Å². The molecule has 1 aromatic carbocycles. The molecule has 5 nitrogen and oxygen atoms in total. The van der Waals surface area contributed by atoms with Crippen molar-refractivity contribution in [1.82, 2.24) is 15.1 Å². The lowest BCUT2D eigenvalue weighted by atomic mass is 10.0. The van der Waals surface area contributed by atoms with Gasteiger partial charge in [-0.3, -0.25) is 9.48 Å². The average molecular weight is 374 g/mol. The second kappa shape index (κ2) is 6.54. The molecule has 128 valence electrons. The third-order valence-corrected chi connectivity index (χ3v) is 5.21. The zero-order chi connectivity index (χ0) is 17.4. The zero-order valence-electron chi connectivity index (χ0n) is 13.5. The molecule has 25 heavy (non-hydrogen) atoms. The van der Waals surface area contributed by atoms with Gasteiger partial charge < -0.3 is 10.1 Å². The number of rotatable bonds is 4. The summed E-state index contributed by atoms with van der Waals surface area (Å²) in [4.78, 5) is 12.2. The van der Waals surface area contributed by atoms with E-state index < -0.39 is 0 Å². The maximum absolute atomic E-state index is 12.2. The molecule has 0 spiro atoms. The number of nitrogens with zero attached hydrogens (tertiary/aromatic N) is 2. The Bertz CT molecular complexity index is 921. The zero-order valence-corrected chi connectivity index (χ0v) is 15.1.